The van der Waals surface area contributed by atoms with Crippen LogP contribution in [0.25, 0.3) is 0 Å². The largest absolute Gasteiger partial charge is 0.399 e. The molecule has 3 N–H and O–H groups in total. The molecule has 0 saturated carbocycles. The van der Waals surface area contributed by atoms with E-state index in [1.165, 1.54) is 17.4 Å². The van der Waals surface area contributed by atoms with Gasteiger partial charge in [-0.1, -0.05) is 6.07 Å². The van der Waals surface area contributed by atoms with Gasteiger partial charge in [-0.25, -0.2) is 8.42 Å². The van der Waals surface area contributed by atoms with Crippen molar-refractivity contribution in [1.29, 1.82) is 0 Å². The van der Waals surface area contributed by atoms with Crippen LogP contribution in [0.5, 0.6) is 0 Å². The van der Waals surface area contributed by atoms with Crippen LogP contribution in [0.1, 0.15) is 30.5 Å². The van der Waals surface area contributed by atoms with Crippen molar-refractivity contribution >= 4 is 15.5 Å². The van der Waals surface area contributed by atoms with Crippen LogP contribution >= 0.6 is 0 Å². The predicted octanol–water partition coefficient (Wildman–Crippen LogP) is 1.28. The van der Waals surface area contributed by atoms with Crippen molar-refractivity contribution in [2.24, 2.45) is 0 Å². The number of benzene rings is 1. The van der Waals surface area contributed by atoms with Gasteiger partial charge in [0.2, 0.25) is 0 Å². The monoisotopic (exact) mass is 268 g/mol. The highest BCUT2D eigenvalue weighted by Gasteiger charge is 2.24. The molecule has 5 heteroatoms. The number of hydrogen-bond acceptors (Lipinski definition) is 4. The Morgan fingerprint density at radius 3 is 2.89 bits per heavy atom. The average molecular weight is 268 g/mol. The van der Waals surface area contributed by atoms with Gasteiger partial charge in [0.05, 0.1) is 5.75 Å². The van der Waals surface area contributed by atoms with E-state index in [9.17, 15) is 8.42 Å². The minimum absolute atomic E-state index is 0.0338. The molecule has 4 nitrogen and oxygen atoms in total. The van der Waals surface area contributed by atoms with Crippen LogP contribution in [-0.4, -0.2) is 26.5 Å². The fourth-order valence-electron chi connectivity index (χ4n) is 2.66. The molecule has 0 saturated heterocycles. The smallest absolute Gasteiger partial charge is 0.148 e. The number of aryl methyl sites for hydroxylation is 1. The Labute approximate surface area is 108 Å². The minimum atomic E-state index is -2.93. The van der Waals surface area contributed by atoms with Gasteiger partial charge >= 0.3 is 0 Å². The van der Waals surface area contributed by atoms with Crippen LogP contribution in [0.4, 0.5) is 5.69 Å². The Hall–Kier alpha value is -1.07. The highest BCUT2D eigenvalue weighted by atomic mass is 32.2. The number of sulfone groups is 1. The van der Waals surface area contributed by atoms with Crippen molar-refractivity contribution in [2.75, 3.05) is 17.7 Å². The summed E-state index contributed by atoms with van der Waals surface area (Å²) in [6.45, 7) is 1.91. The number of anilines is 1. The van der Waals surface area contributed by atoms with Gasteiger partial charge in [0.15, 0.2) is 0 Å². The molecule has 1 aromatic carbocycles. The van der Waals surface area contributed by atoms with Crippen LogP contribution in [0.15, 0.2) is 18.2 Å². The topological polar surface area (TPSA) is 72.2 Å². The van der Waals surface area contributed by atoms with Gasteiger partial charge in [-0.15, -0.1) is 0 Å². The van der Waals surface area contributed by atoms with Crippen LogP contribution in [0.2, 0.25) is 0 Å². The maximum atomic E-state index is 11.2. The maximum absolute atomic E-state index is 11.2. The molecule has 0 aliphatic heterocycles. The number of fused-ring (bicyclic) bond motifs is 1. The highest BCUT2D eigenvalue weighted by molar-refractivity contribution is 7.90. The first-order chi connectivity index (χ1) is 8.35. The van der Waals surface area contributed by atoms with Gasteiger partial charge in [0, 0.05) is 24.0 Å². The van der Waals surface area contributed by atoms with Gasteiger partial charge in [-0.05, 0) is 43.0 Å². The summed E-state index contributed by atoms with van der Waals surface area (Å²) in [5.74, 6) is 0.174. The summed E-state index contributed by atoms with van der Waals surface area (Å²) in [7, 11) is -2.93. The molecule has 0 heterocycles. The molecule has 2 unspecified atom stereocenters. The minimum Gasteiger partial charge on any atom is -0.399 e. The second kappa shape index (κ2) is 4.90. The highest BCUT2D eigenvalue weighted by Crippen LogP contribution is 2.32. The summed E-state index contributed by atoms with van der Waals surface area (Å²) in [4.78, 5) is 0. The first-order valence-corrected chi connectivity index (χ1v) is 8.23. The molecule has 0 amide bonds. The first-order valence-electron chi connectivity index (χ1n) is 6.17. The molecular formula is C13H20N2O2S. The van der Waals surface area contributed by atoms with E-state index in [4.69, 9.17) is 5.73 Å². The van der Waals surface area contributed by atoms with Gasteiger partial charge in [-0.2, -0.15) is 0 Å². The predicted molar refractivity (Wildman–Crippen MR) is 74.2 cm³/mol. The van der Waals surface area contributed by atoms with E-state index >= 15 is 0 Å². The van der Waals surface area contributed by atoms with Crippen molar-refractivity contribution < 1.29 is 8.42 Å². The lowest BCUT2D eigenvalue weighted by Gasteiger charge is -2.19. The number of hydrogen-bond donors (Lipinski definition) is 2. The molecule has 18 heavy (non-hydrogen) atoms. The van der Waals surface area contributed by atoms with Crippen molar-refractivity contribution in [3.05, 3.63) is 29.3 Å². The van der Waals surface area contributed by atoms with Crippen molar-refractivity contribution in [3.8, 4) is 0 Å². The molecule has 1 aromatic rings. The molecule has 1 aliphatic rings. The lowest BCUT2D eigenvalue weighted by Crippen LogP contribution is -2.34. The molecule has 0 bridgehead atoms. The van der Waals surface area contributed by atoms with Gasteiger partial charge in [0.25, 0.3) is 0 Å². The third kappa shape index (κ3) is 3.23. The van der Waals surface area contributed by atoms with Crippen LogP contribution in [0.3, 0.4) is 0 Å². The maximum Gasteiger partial charge on any atom is 0.148 e. The molecule has 0 fully saturated rings. The number of nitrogen functional groups attached to an aromatic ring is 1. The standard InChI is InChI=1S/C13H20N2O2S/c1-9(8-18(2,16)17)15-13-6-3-10-7-11(14)4-5-12(10)13/h4-5,7,9,13,15H,3,6,8,14H2,1-2H3. The van der Waals surface area contributed by atoms with E-state index in [-0.39, 0.29) is 17.8 Å². The summed E-state index contributed by atoms with van der Waals surface area (Å²) in [5.41, 5.74) is 9.08. The summed E-state index contributed by atoms with van der Waals surface area (Å²) in [6.07, 6.45) is 3.28. The molecule has 100 valence electrons. The van der Waals surface area contributed by atoms with Crippen molar-refractivity contribution in [2.45, 2.75) is 31.8 Å². The fourth-order valence-corrected chi connectivity index (χ4v) is 3.66. The van der Waals surface area contributed by atoms with Crippen LogP contribution < -0.4 is 11.1 Å². The van der Waals surface area contributed by atoms with Gasteiger partial charge in [0.1, 0.15) is 9.84 Å². The Morgan fingerprint density at radius 2 is 2.22 bits per heavy atom. The average Bonchev–Trinajstić information content (AvgIpc) is 2.57. The molecule has 2 rings (SSSR count). The van der Waals surface area contributed by atoms with Crippen molar-refractivity contribution in [3.63, 3.8) is 0 Å². The second-order valence-electron chi connectivity index (χ2n) is 5.21. The third-order valence-electron chi connectivity index (χ3n) is 3.28. The fraction of sp³-hybridized carbons (Fsp3) is 0.538. The zero-order chi connectivity index (χ0) is 13.3. The SMILES string of the molecule is CC(CS(C)(=O)=O)NC1CCc2cc(N)ccc21. The second-order valence-corrected chi connectivity index (χ2v) is 7.39. The Kier molecular flexibility index (Phi) is 3.64. The molecule has 2 atom stereocenters. The zero-order valence-corrected chi connectivity index (χ0v) is 11.6. The molecule has 0 spiro atoms. The van der Waals surface area contributed by atoms with E-state index < -0.39 is 9.84 Å². The Balaban J connectivity index is 2.06. The quantitative estimate of drug-likeness (QED) is 0.807. The van der Waals surface area contributed by atoms with Crippen molar-refractivity contribution in [1.82, 2.24) is 5.32 Å². The summed E-state index contributed by atoms with van der Waals surface area (Å²) < 4.78 is 22.5. The molecule has 0 radical (unpaired) electrons. The van der Waals surface area contributed by atoms with Crippen LogP contribution in [0, 0.1) is 0 Å². The first kappa shape index (κ1) is 13.4. The Morgan fingerprint density at radius 1 is 1.50 bits per heavy atom. The van der Waals surface area contributed by atoms with Gasteiger partial charge < -0.3 is 11.1 Å². The normalized spacial score (nSPS) is 20.7. The zero-order valence-electron chi connectivity index (χ0n) is 10.8. The third-order valence-corrected chi connectivity index (χ3v) is 4.39. The molecular weight excluding hydrogens is 248 g/mol. The van der Waals surface area contributed by atoms with Gasteiger partial charge in [-0.3, -0.25) is 0 Å². The summed E-state index contributed by atoms with van der Waals surface area (Å²) in [6, 6.07) is 6.17. The van der Waals surface area contributed by atoms with E-state index in [1.807, 2.05) is 25.1 Å². The molecule has 0 aromatic heterocycles. The lowest BCUT2D eigenvalue weighted by molar-refractivity contribution is 0.472. The number of nitrogens with two attached hydrogens (primary N) is 1. The van der Waals surface area contributed by atoms with E-state index in [0.29, 0.717) is 0 Å². The molecule has 1 aliphatic carbocycles. The van der Waals surface area contributed by atoms with E-state index in [1.54, 1.807) is 0 Å². The lowest BCUT2D eigenvalue weighted by atomic mass is 10.1. The van der Waals surface area contributed by atoms with E-state index in [0.717, 1.165) is 18.5 Å². The Bertz CT molecular complexity index is 540. The number of rotatable bonds is 4. The summed E-state index contributed by atoms with van der Waals surface area (Å²) >= 11 is 0. The van der Waals surface area contributed by atoms with Crippen LogP contribution in [-0.2, 0) is 16.3 Å². The summed E-state index contributed by atoms with van der Waals surface area (Å²) in [5, 5.41) is 3.39. The number of nitrogens with one attached hydrogen (secondary N) is 1. The van der Waals surface area contributed by atoms with E-state index in [2.05, 4.69) is 5.32 Å².